The number of likely N-dealkylation sites (N-methyl/N-ethyl adjacent to an activating group) is 1. The summed E-state index contributed by atoms with van der Waals surface area (Å²) in [5.74, 6) is 2.47. The minimum Gasteiger partial charge on any atom is -0.379 e. The lowest BCUT2D eigenvalue weighted by atomic mass is 10.0. The van der Waals surface area contributed by atoms with Crippen LogP contribution in [0.15, 0.2) is 4.99 Å². The van der Waals surface area contributed by atoms with Crippen molar-refractivity contribution in [3.63, 3.8) is 0 Å². The molecular formula is C19H38N4O2. The molecule has 0 aromatic heterocycles. The van der Waals surface area contributed by atoms with Gasteiger partial charge in [0.2, 0.25) is 0 Å². The molecule has 25 heavy (non-hydrogen) atoms. The molecule has 6 nitrogen and oxygen atoms in total. The Kier molecular flexibility index (Phi) is 8.99. The quantitative estimate of drug-likeness (QED) is 0.367. The van der Waals surface area contributed by atoms with Crippen LogP contribution in [0.2, 0.25) is 0 Å². The van der Waals surface area contributed by atoms with E-state index in [4.69, 9.17) is 9.47 Å². The van der Waals surface area contributed by atoms with E-state index in [1.54, 1.807) is 0 Å². The molecular weight excluding hydrogens is 316 g/mol. The van der Waals surface area contributed by atoms with E-state index in [1.807, 2.05) is 7.05 Å². The molecule has 0 amide bonds. The van der Waals surface area contributed by atoms with Crippen LogP contribution in [0.1, 0.15) is 33.1 Å². The maximum absolute atomic E-state index is 5.75. The summed E-state index contributed by atoms with van der Waals surface area (Å²) in [5.41, 5.74) is 0. The molecule has 1 aliphatic carbocycles. The Morgan fingerprint density at radius 3 is 2.64 bits per heavy atom. The van der Waals surface area contributed by atoms with Gasteiger partial charge in [0, 0.05) is 52.9 Å². The van der Waals surface area contributed by atoms with Crippen LogP contribution in [-0.4, -0.2) is 88.5 Å². The third kappa shape index (κ3) is 7.92. The van der Waals surface area contributed by atoms with Crippen LogP contribution in [0, 0.1) is 11.8 Å². The monoisotopic (exact) mass is 354 g/mol. The summed E-state index contributed by atoms with van der Waals surface area (Å²) in [6, 6.07) is 0.528. The molecule has 0 radical (unpaired) electrons. The summed E-state index contributed by atoms with van der Waals surface area (Å²) in [5, 5.41) is 3.57. The summed E-state index contributed by atoms with van der Waals surface area (Å²) in [4.78, 5) is 9.17. The van der Waals surface area contributed by atoms with Gasteiger partial charge in [-0.15, -0.1) is 0 Å². The fourth-order valence-electron chi connectivity index (χ4n) is 3.28. The molecule has 2 fully saturated rings. The van der Waals surface area contributed by atoms with E-state index in [0.717, 1.165) is 64.5 Å². The number of hydrogen-bond acceptors (Lipinski definition) is 4. The Morgan fingerprint density at radius 2 is 2.04 bits per heavy atom. The Bertz CT molecular complexity index is 393. The standard InChI is InChI=1S/C19H38N4O2/c1-16(2)13-18(23-8-11-24-12-9-23)14-21-19(20-3)22(4)7-10-25-15-17-5-6-17/h16-18H,5-15H2,1-4H3,(H,20,21). The first-order chi connectivity index (χ1) is 12.1. The van der Waals surface area contributed by atoms with Crippen LogP contribution in [0.25, 0.3) is 0 Å². The first-order valence-corrected chi connectivity index (χ1v) is 9.91. The summed E-state index contributed by atoms with van der Waals surface area (Å²) in [6.07, 6.45) is 3.88. The van der Waals surface area contributed by atoms with Crippen molar-refractivity contribution in [1.29, 1.82) is 0 Å². The molecule has 2 rings (SSSR count). The maximum atomic E-state index is 5.75. The fourth-order valence-corrected chi connectivity index (χ4v) is 3.28. The lowest BCUT2D eigenvalue weighted by Crippen LogP contribution is -2.51. The van der Waals surface area contributed by atoms with Gasteiger partial charge in [-0.25, -0.2) is 0 Å². The molecule has 0 bridgehead atoms. The molecule has 1 saturated heterocycles. The normalized spacial score (nSPS) is 20.8. The van der Waals surface area contributed by atoms with Gasteiger partial charge in [0.25, 0.3) is 0 Å². The average molecular weight is 355 g/mol. The van der Waals surface area contributed by atoms with Gasteiger partial charge in [-0.3, -0.25) is 9.89 Å². The Labute approximate surface area is 153 Å². The number of guanidine groups is 1. The van der Waals surface area contributed by atoms with Gasteiger partial charge in [0.1, 0.15) is 0 Å². The van der Waals surface area contributed by atoms with Crippen LogP contribution in [0.3, 0.4) is 0 Å². The zero-order valence-corrected chi connectivity index (χ0v) is 16.7. The first kappa shape index (κ1) is 20.5. The zero-order valence-electron chi connectivity index (χ0n) is 16.7. The molecule has 2 aliphatic rings. The number of ether oxygens (including phenoxy) is 2. The van der Waals surface area contributed by atoms with Gasteiger partial charge >= 0.3 is 0 Å². The third-order valence-corrected chi connectivity index (χ3v) is 5.00. The number of morpholine rings is 1. The number of aliphatic imine (C=N–C) groups is 1. The largest absolute Gasteiger partial charge is 0.379 e. The SMILES string of the molecule is CN=C(NCC(CC(C)C)N1CCOCC1)N(C)CCOCC1CC1. The average Bonchev–Trinajstić information content (AvgIpc) is 3.43. The van der Waals surface area contributed by atoms with Crippen molar-refractivity contribution in [2.24, 2.45) is 16.8 Å². The highest BCUT2D eigenvalue weighted by atomic mass is 16.5. The number of hydrogen-bond donors (Lipinski definition) is 1. The van der Waals surface area contributed by atoms with Crippen molar-refractivity contribution in [2.45, 2.75) is 39.2 Å². The molecule has 6 heteroatoms. The topological polar surface area (TPSA) is 49.3 Å². The highest BCUT2D eigenvalue weighted by Gasteiger charge is 2.23. The maximum Gasteiger partial charge on any atom is 0.193 e. The van der Waals surface area contributed by atoms with E-state index in [0.29, 0.717) is 12.0 Å². The molecule has 1 atom stereocenters. The Balaban J connectivity index is 1.74. The summed E-state index contributed by atoms with van der Waals surface area (Å²) >= 11 is 0. The fraction of sp³-hybridized carbons (Fsp3) is 0.947. The lowest BCUT2D eigenvalue weighted by Gasteiger charge is -2.36. The van der Waals surface area contributed by atoms with Crippen LogP contribution < -0.4 is 5.32 Å². The van der Waals surface area contributed by atoms with Crippen LogP contribution in [-0.2, 0) is 9.47 Å². The van der Waals surface area contributed by atoms with E-state index in [9.17, 15) is 0 Å². The predicted octanol–water partition coefficient (Wildman–Crippen LogP) is 1.67. The van der Waals surface area contributed by atoms with Crippen LogP contribution in [0.4, 0.5) is 0 Å². The van der Waals surface area contributed by atoms with Gasteiger partial charge in [-0.05, 0) is 31.1 Å². The van der Waals surface area contributed by atoms with Gasteiger partial charge in [0.05, 0.1) is 19.8 Å². The van der Waals surface area contributed by atoms with Crippen molar-refractivity contribution >= 4 is 5.96 Å². The Hall–Kier alpha value is -0.850. The second-order valence-corrected chi connectivity index (χ2v) is 7.80. The summed E-state index contributed by atoms with van der Waals surface area (Å²) < 4.78 is 11.3. The van der Waals surface area contributed by atoms with E-state index >= 15 is 0 Å². The number of nitrogens with zero attached hydrogens (tertiary/aromatic N) is 3. The highest BCUT2D eigenvalue weighted by Crippen LogP contribution is 2.28. The number of nitrogens with one attached hydrogen (secondary N) is 1. The smallest absolute Gasteiger partial charge is 0.193 e. The second kappa shape index (κ2) is 11.0. The molecule has 146 valence electrons. The molecule has 1 unspecified atom stereocenters. The molecule has 1 aliphatic heterocycles. The van der Waals surface area contributed by atoms with E-state index in [-0.39, 0.29) is 0 Å². The van der Waals surface area contributed by atoms with Crippen molar-refractivity contribution in [3.8, 4) is 0 Å². The second-order valence-electron chi connectivity index (χ2n) is 7.80. The number of rotatable bonds is 10. The lowest BCUT2D eigenvalue weighted by molar-refractivity contribution is 0.0131. The molecule has 0 spiro atoms. The van der Waals surface area contributed by atoms with Crippen LogP contribution >= 0.6 is 0 Å². The minimum atomic E-state index is 0.528. The molecule has 1 saturated carbocycles. The Morgan fingerprint density at radius 1 is 1.32 bits per heavy atom. The van der Waals surface area contributed by atoms with Gasteiger partial charge < -0.3 is 19.7 Å². The first-order valence-electron chi connectivity index (χ1n) is 9.91. The predicted molar refractivity (Wildman–Crippen MR) is 103 cm³/mol. The molecule has 0 aromatic carbocycles. The van der Waals surface area contributed by atoms with Crippen molar-refractivity contribution in [2.75, 3.05) is 66.7 Å². The third-order valence-electron chi connectivity index (χ3n) is 5.00. The minimum absolute atomic E-state index is 0.528. The van der Waals surface area contributed by atoms with Crippen molar-refractivity contribution < 1.29 is 9.47 Å². The van der Waals surface area contributed by atoms with Gasteiger partial charge in [0.15, 0.2) is 5.96 Å². The summed E-state index contributed by atoms with van der Waals surface area (Å²) in [7, 11) is 3.94. The van der Waals surface area contributed by atoms with Crippen molar-refractivity contribution in [3.05, 3.63) is 0 Å². The van der Waals surface area contributed by atoms with Crippen LogP contribution in [0.5, 0.6) is 0 Å². The molecule has 1 heterocycles. The molecule has 0 aromatic rings. The van der Waals surface area contributed by atoms with Gasteiger partial charge in [-0.1, -0.05) is 13.8 Å². The van der Waals surface area contributed by atoms with Gasteiger partial charge in [-0.2, -0.15) is 0 Å². The van der Waals surface area contributed by atoms with E-state index < -0.39 is 0 Å². The zero-order chi connectivity index (χ0) is 18.1. The highest BCUT2D eigenvalue weighted by molar-refractivity contribution is 5.79. The van der Waals surface area contributed by atoms with Crippen molar-refractivity contribution in [1.82, 2.24) is 15.1 Å². The van der Waals surface area contributed by atoms with E-state index in [2.05, 4.69) is 41.0 Å². The molecule has 1 N–H and O–H groups in total. The van der Waals surface area contributed by atoms with E-state index in [1.165, 1.54) is 19.3 Å². The summed E-state index contributed by atoms with van der Waals surface area (Å²) in [6.45, 7) is 11.8.